The van der Waals surface area contributed by atoms with Gasteiger partial charge in [-0.15, -0.1) is 11.3 Å². The molecule has 0 aliphatic carbocycles. The molecule has 2 aromatic heterocycles. The molecule has 0 aliphatic heterocycles. The molecule has 0 saturated heterocycles. The largest absolute Gasteiger partial charge is 0.478 e. The van der Waals surface area contributed by atoms with Crippen LogP contribution in [0.4, 0.5) is 5.69 Å². The van der Waals surface area contributed by atoms with Crippen LogP contribution in [0.2, 0.25) is 4.34 Å². The van der Waals surface area contributed by atoms with Crippen molar-refractivity contribution in [3.8, 4) is 5.88 Å². The molecule has 0 fully saturated rings. The SMILES string of the molecule is CCOc1ccc(NCc2ncc(Cl)s2)cn1. The van der Waals surface area contributed by atoms with Gasteiger partial charge in [-0.2, -0.15) is 0 Å². The Balaban J connectivity index is 1.90. The first-order valence-corrected chi connectivity index (χ1v) is 6.40. The number of thiazole rings is 1. The molecule has 0 atom stereocenters. The summed E-state index contributed by atoms with van der Waals surface area (Å²) < 4.78 is 5.96. The van der Waals surface area contributed by atoms with Gasteiger partial charge in [0.1, 0.15) is 9.34 Å². The average Bonchev–Trinajstić information content (AvgIpc) is 2.75. The first-order valence-electron chi connectivity index (χ1n) is 5.21. The lowest BCUT2D eigenvalue weighted by molar-refractivity contribution is 0.327. The van der Waals surface area contributed by atoms with Crippen LogP contribution in [0.5, 0.6) is 5.88 Å². The quantitative estimate of drug-likeness (QED) is 0.905. The van der Waals surface area contributed by atoms with E-state index in [1.165, 1.54) is 11.3 Å². The minimum absolute atomic E-state index is 0.622. The van der Waals surface area contributed by atoms with E-state index >= 15 is 0 Å². The number of hydrogen-bond acceptors (Lipinski definition) is 5. The van der Waals surface area contributed by atoms with Crippen molar-refractivity contribution in [2.45, 2.75) is 13.5 Å². The highest BCUT2D eigenvalue weighted by Crippen LogP contribution is 2.19. The molecule has 0 amide bonds. The zero-order valence-corrected chi connectivity index (χ0v) is 10.9. The van der Waals surface area contributed by atoms with Crippen LogP contribution in [-0.4, -0.2) is 16.6 Å². The Hall–Kier alpha value is -1.33. The molecule has 0 saturated carbocycles. The number of rotatable bonds is 5. The smallest absolute Gasteiger partial charge is 0.213 e. The van der Waals surface area contributed by atoms with Crippen molar-refractivity contribution < 1.29 is 4.74 Å². The van der Waals surface area contributed by atoms with Crippen molar-refractivity contribution >= 4 is 28.6 Å². The fourth-order valence-corrected chi connectivity index (χ4v) is 2.16. The highest BCUT2D eigenvalue weighted by Gasteiger charge is 2.00. The summed E-state index contributed by atoms with van der Waals surface area (Å²) >= 11 is 7.26. The number of hydrogen-bond donors (Lipinski definition) is 1. The number of pyridine rings is 1. The summed E-state index contributed by atoms with van der Waals surface area (Å²) in [4.78, 5) is 8.31. The fraction of sp³-hybridized carbons (Fsp3) is 0.273. The van der Waals surface area contributed by atoms with Gasteiger partial charge in [0.25, 0.3) is 0 Å². The summed E-state index contributed by atoms with van der Waals surface area (Å²) in [7, 11) is 0. The maximum Gasteiger partial charge on any atom is 0.213 e. The molecule has 2 rings (SSSR count). The molecular formula is C11H12ClN3OS. The monoisotopic (exact) mass is 269 g/mol. The second-order valence-corrected chi connectivity index (χ2v) is 4.98. The number of halogens is 1. The molecule has 6 heteroatoms. The third-order valence-corrected chi connectivity index (χ3v) is 3.11. The van der Waals surface area contributed by atoms with Crippen LogP contribution in [0, 0.1) is 0 Å². The maximum atomic E-state index is 5.80. The molecule has 1 N–H and O–H groups in total. The molecule has 0 aromatic carbocycles. The van der Waals surface area contributed by atoms with E-state index in [9.17, 15) is 0 Å². The van der Waals surface area contributed by atoms with Gasteiger partial charge in [0, 0.05) is 6.07 Å². The van der Waals surface area contributed by atoms with Gasteiger partial charge >= 0.3 is 0 Å². The third-order valence-electron chi connectivity index (χ3n) is 2.00. The Bertz CT molecular complexity index is 472. The molecule has 0 bridgehead atoms. The van der Waals surface area contributed by atoms with Crippen LogP contribution in [0.25, 0.3) is 0 Å². The van der Waals surface area contributed by atoms with Gasteiger partial charge in [-0.3, -0.25) is 0 Å². The normalized spacial score (nSPS) is 10.2. The summed E-state index contributed by atoms with van der Waals surface area (Å²) in [6.45, 7) is 3.20. The molecule has 0 unspecified atom stereocenters. The molecule has 0 aliphatic rings. The van der Waals surface area contributed by atoms with E-state index in [2.05, 4.69) is 15.3 Å². The van der Waals surface area contributed by atoms with Crippen LogP contribution >= 0.6 is 22.9 Å². The van der Waals surface area contributed by atoms with E-state index in [1.54, 1.807) is 12.4 Å². The van der Waals surface area contributed by atoms with E-state index in [-0.39, 0.29) is 0 Å². The number of nitrogens with one attached hydrogen (secondary N) is 1. The van der Waals surface area contributed by atoms with E-state index < -0.39 is 0 Å². The molecular weight excluding hydrogens is 258 g/mol. The summed E-state index contributed by atoms with van der Waals surface area (Å²) in [6, 6.07) is 3.76. The van der Waals surface area contributed by atoms with Crippen molar-refractivity contribution in [3.63, 3.8) is 0 Å². The molecule has 2 aromatic rings. The maximum absolute atomic E-state index is 5.80. The zero-order valence-electron chi connectivity index (χ0n) is 9.31. The lowest BCUT2D eigenvalue weighted by Gasteiger charge is -2.05. The molecule has 4 nitrogen and oxygen atoms in total. The zero-order chi connectivity index (χ0) is 12.1. The number of nitrogens with zero attached hydrogens (tertiary/aromatic N) is 2. The Morgan fingerprint density at radius 1 is 1.35 bits per heavy atom. The summed E-state index contributed by atoms with van der Waals surface area (Å²) in [5.41, 5.74) is 0.930. The predicted octanol–water partition coefficient (Wildman–Crippen LogP) is 3.20. The second-order valence-electron chi connectivity index (χ2n) is 3.23. The Morgan fingerprint density at radius 3 is 2.82 bits per heavy atom. The lowest BCUT2D eigenvalue weighted by atomic mass is 10.4. The predicted molar refractivity (Wildman–Crippen MR) is 69.9 cm³/mol. The van der Waals surface area contributed by atoms with Gasteiger partial charge in [-0.05, 0) is 13.0 Å². The van der Waals surface area contributed by atoms with Gasteiger partial charge in [-0.25, -0.2) is 9.97 Å². The highest BCUT2D eigenvalue weighted by molar-refractivity contribution is 7.15. The molecule has 0 radical (unpaired) electrons. The van der Waals surface area contributed by atoms with Crippen molar-refractivity contribution in [3.05, 3.63) is 33.9 Å². The van der Waals surface area contributed by atoms with Crippen LogP contribution in [0.3, 0.4) is 0 Å². The van der Waals surface area contributed by atoms with Gasteiger partial charge in [-0.1, -0.05) is 11.6 Å². The fourth-order valence-electron chi connectivity index (χ4n) is 1.27. The highest BCUT2D eigenvalue weighted by atomic mass is 35.5. The van der Waals surface area contributed by atoms with Crippen LogP contribution < -0.4 is 10.1 Å². The Labute approximate surface area is 109 Å². The molecule has 0 spiro atoms. The Morgan fingerprint density at radius 2 is 2.24 bits per heavy atom. The van der Waals surface area contributed by atoms with E-state index in [0.29, 0.717) is 23.4 Å². The van der Waals surface area contributed by atoms with Gasteiger partial charge in [0.05, 0.1) is 31.2 Å². The number of aromatic nitrogens is 2. The minimum atomic E-state index is 0.622. The number of ether oxygens (including phenoxy) is 1. The first-order chi connectivity index (χ1) is 8.28. The van der Waals surface area contributed by atoms with Gasteiger partial charge in [0.15, 0.2) is 0 Å². The van der Waals surface area contributed by atoms with Crippen LogP contribution in [0.1, 0.15) is 11.9 Å². The first kappa shape index (κ1) is 12.1. The van der Waals surface area contributed by atoms with E-state index in [0.717, 1.165) is 10.7 Å². The molecule has 90 valence electrons. The summed E-state index contributed by atoms with van der Waals surface area (Å²) in [5, 5.41) is 4.16. The minimum Gasteiger partial charge on any atom is -0.478 e. The third kappa shape index (κ3) is 3.57. The van der Waals surface area contributed by atoms with Gasteiger partial charge < -0.3 is 10.1 Å². The van der Waals surface area contributed by atoms with Gasteiger partial charge in [0.2, 0.25) is 5.88 Å². The van der Waals surface area contributed by atoms with Crippen molar-refractivity contribution in [2.75, 3.05) is 11.9 Å². The van der Waals surface area contributed by atoms with Crippen molar-refractivity contribution in [1.82, 2.24) is 9.97 Å². The van der Waals surface area contributed by atoms with E-state index in [4.69, 9.17) is 16.3 Å². The molecule has 2 heterocycles. The standard InChI is InChI=1S/C11H12ClN3OS/c1-2-16-10-4-3-8(5-14-10)13-7-11-15-6-9(12)17-11/h3-6,13H,2,7H2,1H3. The Kier molecular flexibility index (Phi) is 4.17. The second kappa shape index (κ2) is 5.84. The number of anilines is 1. The van der Waals surface area contributed by atoms with E-state index in [1.807, 2.05) is 19.1 Å². The average molecular weight is 270 g/mol. The lowest BCUT2D eigenvalue weighted by Crippen LogP contribution is -2.00. The van der Waals surface area contributed by atoms with Crippen LogP contribution in [-0.2, 0) is 6.54 Å². The molecule has 17 heavy (non-hydrogen) atoms. The van der Waals surface area contributed by atoms with Crippen LogP contribution in [0.15, 0.2) is 24.5 Å². The van der Waals surface area contributed by atoms with Crippen molar-refractivity contribution in [2.24, 2.45) is 0 Å². The summed E-state index contributed by atoms with van der Waals surface area (Å²) in [6.07, 6.45) is 3.39. The summed E-state index contributed by atoms with van der Waals surface area (Å²) in [5.74, 6) is 0.635. The topological polar surface area (TPSA) is 47.0 Å². The van der Waals surface area contributed by atoms with Crippen molar-refractivity contribution in [1.29, 1.82) is 0 Å².